The zero-order chi connectivity index (χ0) is 13.8. The van der Waals surface area contributed by atoms with Crippen molar-refractivity contribution in [2.75, 3.05) is 39.3 Å². The van der Waals surface area contributed by atoms with E-state index in [4.69, 9.17) is 5.73 Å². The van der Waals surface area contributed by atoms with Crippen LogP contribution in [0.15, 0.2) is 18.2 Å². The lowest BCUT2D eigenvalue weighted by Gasteiger charge is -2.34. The molecule has 1 fully saturated rings. The van der Waals surface area contributed by atoms with Crippen LogP contribution in [0.2, 0.25) is 0 Å². The summed E-state index contributed by atoms with van der Waals surface area (Å²) in [5.74, 6) is -0.620. The number of carbonyl (C=O) groups excluding carboxylic acids is 1. The first-order chi connectivity index (χ1) is 9.13. The maximum Gasteiger partial charge on any atom is 0.256 e. The summed E-state index contributed by atoms with van der Waals surface area (Å²) in [4.78, 5) is 16.2. The number of halogens is 1. The van der Waals surface area contributed by atoms with E-state index in [-0.39, 0.29) is 11.5 Å². The molecule has 0 unspecified atom stereocenters. The van der Waals surface area contributed by atoms with Crippen molar-refractivity contribution >= 4 is 5.91 Å². The molecule has 1 aliphatic heterocycles. The summed E-state index contributed by atoms with van der Waals surface area (Å²) in [6, 6.07) is 4.94. The molecule has 1 saturated heterocycles. The van der Waals surface area contributed by atoms with Crippen molar-refractivity contribution in [1.29, 1.82) is 0 Å². The maximum atomic E-state index is 13.9. The number of hydrogen-bond donors (Lipinski definition) is 1. The second-order valence-electron chi connectivity index (χ2n) is 4.86. The van der Waals surface area contributed by atoms with E-state index in [1.54, 1.807) is 30.0 Å². The topological polar surface area (TPSA) is 49.6 Å². The second-order valence-corrected chi connectivity index (χ2v) is 4.86. The lowest BCUT2D eigenvalue weighted by atomic mass is 10.1. The molecule has 19 heavy (non-hydrogen) atoms. The average molecular weight is 265 g/mol. The molecular formula is C14H20FN3O. The van der Waals surface area contributed by atoms with Crippen LogP contribution in [0, 0.1) is 12.7 Å². The molecule has 0 radical (unpaired) electrons. The van der Waals surface area contributed by atoms with Gasteiger partial charge in [-0.15, -0.1) is 0 Å². The van der Waals surface area contributed by atoms with Crippen molar-refractivity contribution in [3.05, 3.63) is 35.1 Å². The van der Waals surface area contributed by atoms with Gasteiger partial charge in [0, 0.05) is 39.3 Å². The van der Waals surface area contributed by atoms with Crippen molar-refractivity contribution < 1.29 is 9.18 Å². The van der Waals surface area contributed by atoms with Crippen LogP contribution in [-0.2, 0) is 0 Å². The molecule has 1 amide bonds. The number of amides is 1. The number of benzene rings is 1. The van der Waals surface area contributed by atoms with E-state index in [9.17, 15) is 9.18 Å². The Balaban J connectivity index is 2.03. The molecule has 0 aromatic heterocycles. The number of piperazine rings is 1. The molecular weight excluding hydrogens is 245 g/mol. The average Bonchev–Trinajstić information content (AvgIpc) is 2.42. The highest BCUT2D eigenvalue weighted by Crippen LogP contribution is 2.15. The van der Waals surface area contributed by atoms with E-state index in [1.807, 2.05) is 0 Å². The van der Waals surface area contributed by atoms with Gasteiger partial charge in [-0.3, -0.25) is 9.69 Å². The molecule has 0 aliphatic carbocycles. The van der Waals surface area contributed by atoms with Gasteiger partial charge in [0.25, 0.3) is 5.91 Å². The van der Waals surface area contributed by atoms with Crippen LogP contribution in [0.5, 0.6) is 0 Å². The zero-order valence-electron chi connectivity index (χ0n) is 11.2. The number of carbonyl (C=O) groups is 1. The largest absolute Gasteiger partial charge is 0.336 e. The first-order valence-corrected chi connectivity index (χ1v) is 6.60. The van der Waals surface area contributed by atoms with Gasteiger partial charge in [0.2, 0.25) is 0 Å². The third-order valence-electron chi connectivity index (χ3n) is 3.53. The highest BCUT2D eigenvalue weighted by Gasteiger charge is 2.23. The van der Waals surface area contributed by atoms with Crippen LogP contribution < -0.4 is 5.73 Å². The Hall–Kier alpha value is -1.46. The van der Waals surface area contributed by atoms with Crippen molar-refractivity contribution in [2.24, 2.45) is 5.73 Å². The molecule has 0 atom stereocenters. The summed E-state index contributed by atoms with van der Waals surface area (Å²) >= 11 is 0. The monoisotopic (exact) mass is 265 g/mol. The van der Waals surface area contributed by atoms with Crippen LogP contribution in [-0.4, -0.2) is 55.0 Å². The summed E-state index contributed by atoms with van der Waals surface area (Å²) in [5, 5.41) is 0. The van der Waals surface area contributed by atoms with Crippen molar-refractivity contribution in [3.8, 4) is 0 Å². The highest BCUT2D eigenvalue weighted by molar-refractivity contribution is 5.94. The van der Waals surface area contributed by atoms with Crippen LogP contribution >= 0.6 is 0 Å². The molecule has 104 valence electrons. The molecule has 0 bridgehead atoms. The Morgan fingerprint density at radius 3 is 2.63 bits per heavy atom. The fourth-order valence-corrected chi connectivity index (χ4v) is 2.34. The Bertz CT molecular complexity index is 456. The molecule has 0 saturated carbocycles. The van der Waals surface area contributed by atoms with Crippen LogP contribution in [0.1, 0.15) is 15.9 Å². The summed E-state index contributed by atoms with van der Waals surface area (Å²) in [7, 11) is 0. The Labute approximate surface area is 113 Å². The number of hydrogen-bond acceptors (Lipinski definition) is 3. The van der Waals surface area contributed by atoms with Crippen molar-refractivity contribution in [2.45, 2.75) is 6.92 Å². The van der Waals surface area contributed by atoms with Crippen molar-refractivity contribution in [1.82, 2.24) is 9.80 Å². The van der Waals surface area contributed by atoms with Gasteiger partial charge in [-0.25, -0.2) is 4.39 Å². The molecule has 2 rings (SSSR count). The summed E-state index contributed by atoms with van der Waals surface area (Å²) in [6.45, 7) is 6.01. The van der Waals surface area contributed by atoms with Crippen LogP contribution in [0.3, 0.4) is 0 Å². The lowest BCUT2D eigenvalue weighted by Crippen LogP contribution is -2.49. The molecule has 1 aromatic carbocycles. The summed E-state index contributed by atoms with van der Waals surface area (Å²) in [5.41, 5.74) is 6.19. The van der Waals surface area contributed by atoms with E-state index >= 15 is 0 Å². The minimum atomic E-state index is -0.406. The number of rotatable bonds is 3. The first kappa shape index (κ1) is 14.0. The molecule has 1 heterocycles. The van der Waals surface area contributed by atoms with Gasteiger partial charge in [0.1, 0.15) is 5.82 Å². The SMILES string of the molecule is Cc1cccc(C(=O)N2CCN(CCN)CC2)c1F. The van der Waals surface area contributed by atoms with E-state index in [2.05, 4.69) is 4.90 Å². The van der Waals surface area contributed by atoms with Gasteiger partial charge in [-0.2, -0.15) is 0 Å². The van der Waals surface area contributed by atoms with Gasteiger partial charge in [0.15, 0.2) is 0 Å². The first-order valence-electron chi connectivity index (χ1n) is 6.60. The van der Waals surface area contributed by atoms with Crippen molar-refractivity contribution in [3.63, 3.8) is 0 Å². The Morgan fingerprint density at radius 2 is 2.00 bits per heavy atom. The van der Waals surface area contributed by atoms with E-state index in [0.717, 1.165) is 19.6 Å². The number of aryl methyl sites for hydroxylation is 1. The Kier molecular flexibility index (Phi) is 4.50. The second kappa shape index (κ2) is 6.12. The van der Waals surface area contributed by atoms with Gasteiger partial charge < -0.3 is 10.6 Å². The smallest absolute Gasteiger partial charge is 0.256 e. The standard InChI is InChI=1S/C14H20FN3O/c1-11-3-2-4-12(13(11)15)14(19)18-9-7-17(6-5-16)8-10-18/h2-4H,5-10,16H2,1H3. The minimum absolute atomic E-state index is 0.173. The highest BCUT2D eigenvalue weighted by atomic mass is 19.1. The third kappa shape index (κ3) is 3.11. The lowest BCUT2D eigenvalue weighted by molar-refractivity contribution is 0.0636. The van der Waals surface area contributed by atoms with Crippen LogP contribution in [0.25, 0.3) is 0 Å². The normalized spacial score (nSPS) is 16.7. The number of nitrogens with two attached hydrogens (primary N) is 1. The van der Waals surface area contributed by atoms with E-state index in [1.165, 1.54) is 0 Å². The molecule has 4 nitrogen and oxygen atoms in total. The predicted octanol–water partition coefficient (Wildman–Crippen LogP) is 0.851. The van der Waals surface area contributed by atoms with E-state index < -0.39 is 5.82 Å². The predicted molar refractivity (Wildman–Crippen MR) is 72.5 cm³/mol. The fraction of sp³-hybridized carbons (Fsp3) is 0.500. The molecule has 0 spiro atoms. The maximum absolute atomic E-state index is 13.9. The van der Waals surface area contributed by atoms with Gasteiger partial charge in [-0.1, -0.05) is 12.1 Å². The van der Waals surface area contributed by atoms with Gasteiger partial charge in [-0.05, 0) is 18.6 Å². The van der Waals surface area contributed by atoms with Crippen LogP contribution in [0.4, 0.5) is 4.39 Å². The third-order valence-corrected chi connectivity index (χ3v) is 3.53. The fourth-order valence-electron chi connectivity index (χ4n) is 2.34. The molecule has 2 N–H and O–H groups in total. The molecule has 1 aromatic rings. The number of nitrogens with zero attached hydrogens (tertiary/aromatic N) is 2. The Morgan fingerprint density at radius 1 is 1.32 bits per heavy atom. The van der Waals surface area contributed by atoms with Gasteiger partial charge in [0.05, 0.1) is 5.56 Å². The zero-order valence-corrected chi connectivity index (χ0v) is 11.2. The summed E-state index contributed by atoms with van der Waals surface area (Å²) < 4.78 is 13.9. The summed E-state index contributed by atoms with van der Waals surface area (Å²) in [6.07, 6.45) is 0. The molecule has 1 aliphatic rings. The minimum Gasteiger partial charge on any atom is -0.336 e. The quantitative estimate of drug-likeness (QED) is 0.881. The molecule has 5 heteroatoms. The van der Waals surface area contributed by atoms with E-state index in [0.29, 0.717) is 25.2 Å². The van der Waals surface area contributed by atoms with Gasteiger partial charge >= 0.3 is 0 Å².